The number of carbonyl (C=O) groups is 1. The molecular weight excluding hydrogens is 387 g/mol. The lowest BCUT2D eigenvalue weighted by molar-refractivity contribution is -0.118. The minimum Gasteiger partial charge on any atom is -0.350 e. The smallest absolute Gasteiger partial charge is 0.230 e. The van der Waals surface area contributed by atoms with Crippen LogP contribution in [0.15, 0.2) is 59.8 Å². The van der Waals surface area contributed by atoms with Crippen molar-refractivity contribution in [2.75, 3.05) is 5.75 Å². The molecule has 0 saturated heterocycles. The van der Waals surface area contributed by atoms with Gasteiger partial charge in [-0.3, -0.25) is 14.5 Å². The number of amides is 1. The van der Waals surface area contributed by atoms with E-state index in [9.17, 15) is 9.18 Å². The predicted molar refractivity (Wildman–Crippen MR) is 112 cm³/mol. The van der Waals surface area contributed by atoms with E-state index < -0.39 is 0 Å². The van der Waals surface area contributed by atoms with E-state index in [-0.39, 0.29) is 17.5 Å². The molecule has 5 nitrogen and oxygen atoms in total. The molecule has 2 aromatic heterocycles. The molecule has 0 radical (unpaired) electrons. The summed E-state index contributed by atoms with van der Waals surface area (Å²) < 4.78 is 15.1. The van der Waals surface area contributed by atoms with Crippen LogP contribution in [0.1, 0.15) is 37.4 Å². The molecule has 1 saturated carbocycles. The SMILES string of the molecule is O=C(CSc1ccc(F)cc1)NCc1cc(-c2ccncc2)n(C2CCCC2)n1. The van der Waals surface area contributed by atoms with E-state index in [1.54, 1.807) is 24.5 Å². The first-order valence-electron chi connectivity index (χ1n) is 9.83. The maximum atomic E-state index is 13.0. The van der Waals surface area contributed by atoms with E-state index in [0.717, 1.165) is 34.7 Å². The highest BCUT2D eigenvalue weighted by atomic mass is 32.2. The summed E-state index contributed by atoms with van der Waals surface area (Å²) >= 11 is 1.39. The summed E-state index contributed by atoms with van der Waals surface area (Å²) in [7, 11) is 0. The molecule has 1 fully saturated rings. The van der Waals surface area contributed by atoms with E-state index in [0.29, 0.717) is 12.6 Å². The highest BCUT2D eigenvalue weighted by Crippen LogP contribution is 2.33. The van der Waals surface area contributed by atoms with Gasteiger partial charge in [0.15, 0.2) is 0 Å². The molecule has 1 N–H and O–H groups in total. The van der Waals surface area contributed by atoms with Crippen LogP contribution < -0.4 is 5.32 Å². The number of nitrogens with one attached hydrogen (secondary N) is 1. The molecule has 0 spiro atoms. The van der Waals surface area contributed by atoms with Crippen LogP contribution in [0.3, 0.4) is 0 Å². The number of rotatable bonds is 7. The lowest BCUT2D eigenvalue weighted by Crippen LogP contribution is -2.24. The fraction of sp³-hybridized carbons (Fsp3) is 0.318. The quantitative estimate of drug-likeness (QED) is 0.578. The Labute approximate surface area is 173 Å². The van der Waals surface area contributed by atoms with Crippen molar-refractivity contribution >= 4 is 17.7 Å². The van der Waals surface area contributed by atoms with Crippen LogP contribution in [-0.2, 0) is 11.3 Å². The van der Waals surface area contributed by atoms with E-state index in [2.05, 4.69) is 21.0 Å². The monoisotopic (exact) mass is 410 g/mol. The van der Waals surface area contributed by atoms with Gasteiger partial charge in [0.2, 0.25) is 5.91 Å². The van der Waals surface area contributed by atoms with Gasteiger partial charge in [-0.2, -0.15) is 5.10 Å². The molecule has 29 heavy (non-hydrogen) atoms. The summed E-state index contributed by atoms with van der Waals surface area (Å²) in [6, 6.07) is 12.6. The van der Waals surface area contributed by atoms with Gasteiger partial charge in [-0.15, -0.1) is 11.8 Å². The normalized spacial score (nSPS) is 14.2. The average Bonchev–Trinajstić information content (AvgIpc) is 3.42. The molecule has 3 aromatic rings. The maximum absolute atomic E-state index is 13.0. The highest BCUT2D eigenvalue weighted by Gasteiger charge is 2.22. The standard InChI is InChI=1S/C22H23FN4OS/c23-17-5-7-20(8-6-17)29-15-22(28)25-14-18-13-21(16-9-11-24-12-10-16)27(26-18)19-3-1-2-4-19/h5-13,19H,1-4,14-15H2,(H,25,28). The van der Waals surface area contributed by atoms with Crippen LogP contribution in [-0.4, -0.2) is 26.4 Å². The van der Waals surface area contributed by atoms with Crippen LogP contribution in [0, 0.1) is 5.82 Å². The molecule has 2 heterocycles. The summed E-state index contributed by atoms with van der Waals surface area (Å²) in [6.45, 7) is 0.389. The largest absolute Gasteiger partial charge is 0.350 e. The minimum atomic E-state index is -0.276. The third-order valence-corrected chi connectivity index (χ3v) is 6.10. The van der Waals surface area contributed by atoms with Crippen molar-refractivity contribution in [3.63, 3.8) is 0 Å². The predicted octanol–water partition coefficient (Wildman–Crippen LogP) is 4.61. The second-order valence-electron chi connectivity index (χ2n) is 7.16. The number of carbonyl (C=O) groups excluding carboxylic acids is 1. The first-order chi connectivity index (χ1) is 14.2. The maximum Gasteiger partial charge on any atom is 0.230 e. The molecule has 0 unspecified atom stereocenters. The molecule has 1 aliphatic carbocycles. The summed E-state index contributed by atoms with van der Waals surface area (Å²) in [4.78, 5) is 17.2. The number of nitrogens with zero attached hydrogens (tertiary/aromatic N) is 3. The van der Waals surface area contributed by atoms with Crippen LogP contribution in [0.5, 0.6) is 0 Å². The van der Waals surface area contributed by atoms with E-state index in [4.69, 9.17) is 5.10 Å². The highest BCUT2D eigenvalue weighted by molar-refractivity contribution is 8.00. The third-order valence-electron chi connectivity index (χ3n) is 5.08. The molecule has 150 valence electrons. The van der Waals surface area contributed by atoms with Crippen LogP contribution in [0.4, 0.5) is 4.39 Å². The third kappa shape index (κ3) is 5.03. The number of thioether (sulfide) groups is 1. The molecule has 1 aliphatic rings. The Balaban J connectivity index is 1.40. The number of halogens is 1. The van der Waals surface area contributed by atoms with Gasteiger partial charge in [-0.25, -0.2) is 4.39 Å². The van der Waals surface area contributed by atoms with Gasteiger partial charge in [0.1, 0.15) is 5.82 Å². The molecule has 0 atom stereocenters. The molecule has 4 rings (SSSR count). The van der Waals surface area contributed by atoms with E-state index in [1.165, 1.54) is 36.7 Å². The zero-order valence-electron chi connectivity index (χ0n) is 16.1. The average molecular weight is 411 g/mol. The van der Waals surface area contributed by atoms with Gasteiger partial charge in [0.05, 0.1) is 29.7 Å². The Morgan fingerprint density at radius 1 is 1.14 bits per heavy atom. The molecule has 0 aliphatic heterocycles. The molecule has 1 aromatic carbocycles. The number of hydrogen-bond donors (Lipinski definition) is 1. The second kappa shape index (κ2) is 9.22. The van der Waals surface area contributed by atoms with Gasteiger partial charge >= 0.3 is 0 Å². The second-order valence-corrected chi connectivity index (χ2v) is 8.21. The number of pyridine rings is 1. The zero-order chi connectivity index (χ0) is 20.1. The molecular formula is C22H23FN4OS. The van der Waals surface area contributed by atoms with E-state index in [1.807, 2.05) is 12.1 Å². The number of hydrogen-bond acceptors (Lipinski definition) is 4. The first-order valence-corrected chi connectivity index (χ1v) is 10.8. The lowest BCUT2D eigenvalue weighted by atomic mass is 10.1. The molecule has 0 bridgehead atoms. The van der Waals surface area contributed by atoms with Gasteiger partial charge in [-0.05, 0) is 55.3 Å². The molecule has 1 amide bonds. The van der Waals surface area contributed by atoms with Gasteiger partial charge in [0.25, 0.3) is 0 Å². The minimum absolute atomic E-state index is 0.0693. The first kappa shape index (κ1) is 19.6. The van der Waals surface area contributed by atoms with Crippen molar-refractivity contribution in [3.8, 4) is 11.3 Å². The summed E-state index contributed by atoms with van der Waals surface area (Å²) in [5.41, 5.74) is 3.01. The van der Waals surface area contributed by atoms with Crippen molar-refractivity contribution in [2.45, 2.75) is 43.2 Å². The van der Waals surface area contributed by atoms with Crippen molar-refractivity contribution in [1.29, 1.82) is 0 Å². The van der Waals surface area contributed by atoms with E-state index >= 15 is 0 Å². The van der Waals surface area contributed by atoms with Crippen molar-refractivity contribution in [1.82, 2.24) is 20.1 Å². The van der Waals surface area contributed by atoms with Crippen molar-refractivity contribution in [3.05, 3.63) is 66.4 Å². The Bertz CT molecular complexity index is 953. The summed E-state index contributed by atoms with van der Waals surface area (Å²) in [5.74, 6) is -0.0616. The Morgan fingerprint density at radius 3 is 2.59 bits per heavy atom. The van der Waals surface area contributed by atoms with Crippen LogP contribution >= 0.6 is 11.8 Å². The lowest BCUT2D eigenvalue weighted by Gasteiger charge is -2.14. The van der Waals surface area contributed by atoms with Crippen molar-refractivity contribution in [2.24, 2.45) is 0 Å². The van der Waals surface area contributed by atoms with Gasteiger partial charge in [-0.1, -0.05) is 12.8 Å². The number of aromatic nitrogens is 3. The van der Waals surface area contributed by atoms with Crippen LogP contribution in [0.25, 0.3) is 11.3 Å². The summed E-state index contributed by atoms with van der Waals surface area (Å²) in [6.07, 6.45) is 8.31. The Hall–Kier alpha value is -2.67. The fourth-order valence-corrected chi connectivity index (χ4v) is 4.35. The zero-order valence-corrected chi connectivity index (χ0v) is 16.9. The molecule has 7 heteroatoms. The topological polar surface area (TPSA) is 59.8 Å². The van der Waals surface area contributed by atoms with Crippen molar-refractivity contribution < 1.29 is 9.18 Å². The number of benzene rings is 1. The van der Waals surface area contributed by atoms with Gasteiger partial charge < -0.3 is 5.32 Å². The summed E-state index contributed by atoms with van der Waals surface area (Å²) in [5, 5.41) is 7.74. The van der Waals surface area contributed by atoms with Gasteiger partial charge in [0, 0.05) is 22.9 Å². The Kier molecular flexibility index (Phi) is 6.24. The van der Waals surface area contributed by atoms with Crippen LogP contribution in [0.2, 0.25) is 0 Å². The Morgan fingerprint density at radius 2 is 1.86 bits per heavy atom. The fourth-order valence-electron chi connectivity index (χ4n) is 3.62.